The molecule has 0 fully saturated rings. The number of hydrogen-bond donors (Lipinski definition) is 1. The lowest BCUT2D eigenvalue weighted by atomic mass is 10.1. The number of hydrogen-bond acceptors (Lipinski definition) is 7. The maximum absolute atomic E-state index is 13.3. The molecule has 29 heavy (non-hydrogen) atoms. The molecule has 1 atom stereocenters. The monoisotopic (exact) mass is 390 g/mol. The van der Waals surface area contributed by atoms with Crippen molar-refractivity contribution in [2.75, 3.05) is 12.4 Å². The van der Waals surface area contributed by atoms with Crippen LogP contribution in [-0.4, -0.2) is 32.3 Å². The molecule has 0 radical (unpaired) electrons. The summed E-state index contributed by atoms with van der Waals surface area (Å²) in [5, 5.41) is 12.5. The maximum Gasteiger partial charge on any atom is 0.145 e. The smallest absolute Gasteiger partial charge is 0.145 e. The number of aryl methyl sites for hydroxylation is 1. The Labute approximate surface area is 167 Å². The summed E-state index contributed by atoms with van der Waals surface area (Å²) in [7, 11) is 1.58. The summed E-state index contributed by atoms with van der Waals surface area (Å²) < 4.78 is 18.8. The van der Waals surface area contributed by atoms with Crippen LogP contribution < -0.4 is 10.1 Å². The van der Waals surface area contributed by atoms with Gasteiger partial charge in [-0.25, -0.2) is 14.4 Å². The Balaban J connectivity index is 1.78. The number of ether oxygens (including phenoxy) is 1. The molecule has 0 bridgehead atoms. The van der Waals surface area contributed by atoms with Gasteiger partial charge in [-0.15, -0.1) is 0 Å². The number of anilines is 1. The topological polar surface area (TPSA) is 85.7 Å². The number of pyridine rings is 1. The van der Waals surface area contributed by atoms with Gasteiger partial charge in [0.2, 0.25) is 0 Å². The van der Waals surface area contributed by atoms with Gasteiger partial charge in [-0.05, 0) is 50.2 Å². The van der Waals surface area contributed by atoms with Crippen LogP contribution in [0.25, 0.3) is 22.2 Å². The molecule has 0 amide bonds. The van der Waals surface area contributed by atoms with E-state index in [1.54, 1.807) is 13.2 Å². The van der Waals surface area contributed by atoms with Crippen molar-refractivity contribution in [2.24, 2.45) is 0 Å². The van der Waals surface area contributed by atoms with E-state index < -0.39 is 0 Å². The van der Waals surface area contributed by atoms with E-state index in [-0.39, 0.29) is 11.9 Å². The standard InChI is InChI=1S/C21H19FN6O/c1-12-4-6-17(28-27-12)13(2)26-21-16-8-14(18-7-5-15(22)10-23-18)9-19(29-3)20(16)24-11-25-21/h4-11,13H,1-3H3,(H,24,25,26)/t13-/m1/s1. The molecular weight excluding hydrogens is 371 g/mol. The fourth-order valence-electron chi connectivity index (χ4n) is 3.02. The molecule has 0 saturated carbocycles. The minimum Gasteiger partial charge on any atom is -0.494 e. The lowest BCUT2D eigenvalue weighted by Gasteiger charge is -2.16. The van der Waals surface area contributed by atoms with Crippen molar-refractivity contribution in [2.45, 2.75) is 19.9 Å². The number of rotatable bonds is 5. The zero-order valence-corrected chi connectivity index (χ0v) is 16.2. The Morgan fingerprint density at radius 2 is 1.90 bits per heavy atom. The highest BCUT2D eigenvalue weighted by Gasteiger charge is 2.15. The summed E-state index contributed by atoms with van der Waals surface area (Å²) in [6, 6.07) is 10.5. The van der Waals surface area contributed by atoms with Gasteiger partial charge in [-0.3, -0.25) is 4.98 Å². The van der Waals surface area contributed by atoms with Crippen molar-refractivity contribution in [1.29, 1.82) is 0 Å². The second-order valence-electron chi connectivity index (χ2n) is 6.62. The summed E-state index contributed by atoms with van der Waals surface area (Å²) in [5.41, 5.74) is 3.71. The van der Waals surface area contributed by atoms with E-state index in [0.29, 0.717) is 22.8 Å². The molecule has 1 aromatic carbocycles. The van der Waals surface area contributed by atoms with Crippen LogP contribution in [0.1, 0.15) is 24.4 Å². The van der Waals surface area contributed by atoms with Gasteiger partial charge in [-0.2, -0.15) is 10.2 Å². The predicted octanol–water partition coefficient (Wildman–Crippen LogP) is 4.11. The quantitative estimate of drug-likeness (QED) is 0.549. The van der Waals surface area contributed by atoms with Gasteiger partial charge in [0.05, 0.1) is 36.4 Å². The van der Waals surface area contributed by atoms with Crippen molar-refractivity contribution < 1.29 is 9.13 Å². The molecule has 7 nitrogen and oxygen atoms in total. The van der Waals surface area contributed by atoms with Gasteiger partial charge in [0.1, 0.15) is 29.2 Å². The van der Waals surface area contributed by atoms with Crippen molar-refractivity contribution in [3.8, 4) is 17.0 Å². The van der Waals surface area contributed by atoms with Crippen molar-refractivity contribution >= 4 is 16.7 Å². The molecule has 0 aliphatic carbocycles. The highest BCUT2D eigenvalue weighted by atomic mass is 19.1. The largest absolute Gasteiger partial charge is 0.494 e. The molecule has 3 aromatic heterocycles. The Hall–Kier alpha value is -3.68. The van der Waals surface area contributed by atoms with E-state index >= 15 is 0 Å². The first-order chi connectivity index (χ1) is 14.0. The molecule has 0 unspecified atom stereocenters. The minimum atomic E-state index is -0.389. The molecule has 4 aromatic rings. The fraction of sp³-hybridized carbons (Fsp3) is 0.190. The molecule has 146 valence electrons. The van der Waals surface area contributed by atoms with Gasteiger partial charge in [0.15, 0.2) is 0 Å². The third kappa shape index (κ3) is 3.82. The minimum absolute atomic E-state index is 0.125. The van der Waals surface area contributed by atoms with Crippen LogP contribution in [-0.2, 0) is 0 Å². The van der Waals surface area contributed by atoms with Crippen LogP contribution in [0.15, 0.2) is 48.9 Å². The first-order valence-corrected chi connectivity index (χ1v) is 9.06. The summed E-state index contributed by atoms with van der Waals surface area (Å²) in [5.74, 6) is 0.823. The highest BCUT2D eigenvalue weighted by molar-refractivity contribution is 5.96. The van der Waals surface area contributed by atoms with Crippen LogP contribution in [0, 0.1) is 12.7 Å². The number of nitrogens with zero attached hydrogens (tertiary/aromatic N) is 5. The van der Waals surface area contributed by atoms with E-state index in [1.165, 1.54) is 18.6 Å². The summed E-state index contributed by atoms with van der Waals surface area (Å²) in [6.45, 7) is 3.87. The van der Waals surface area contributed by atoms with Crippen LogP contribution in [0.2, 0.25) is 0 Å². The summed E-state index contributed by atoms with van der Waals surface area (Å²) in [6.07, 6.45) is 2.67. The maximum atomic E-state index is 13.3. The molecule has 0 aliphatic heterocycles. The van der Waals surface area contributed by atoms with Gasteiger partial charge < -0.3 is 10.1 Å². The van der Waals surface area contributed by atoms with Crippen LogP contribution >= 0.6 is 0 Å². The number of nitrogens with one attached hydrogen (secondary N) is 1. The van der Waals surface area contributed by atoms with Crippen molar-refractivity contribution in [3.63, 3.8) is 0 Å². The normalized spacial score (nSPS) is 12.0. The number of aromatic nitrogens is 5. The van der Waals surface area contributed by atoms with E-state index in [4.69, 9.17) is 4.74 Å². The molecule has 4 rings (SSSR count). The fourth-order valence-corrected chi connectivity index (χ4v) is 3.02. The number of methoxy groups -OCH3 is 1. The average molecular weight is 390 g/mol. The van der Waals surface area contributed by atoms with Crippen molar-refractivity contribution in [1.82, 2.24) is 25.1 Å². The molecule has 3 heterocycles. The van der Waals surface area contributed by atoms with Crippen molar-refractivity contribution in [3.05, 3.63) is 66.1 Å². The number of benzene rings is 1. The highest BCUT2D eigenvalue weighted by Crippen LogP contribution is 2.34. The van der Waals surface area contributed by atoms with Gasteiger partial charge in [-0.1, -0.05) is 0 Å². The lowest BCUT2D eigenvalue weighted by Crippen LogP contribution is -2.11. The summed E-state index contributed by atoms with van der Waals surface area (Å²) in [4.78, 5) is 12.9. The third-order valence-corrected chi connectivity index (χ3v) is 4.56. The van der Waals surface area contributed by atoms with E-state index in [2.05, 4.69) is 30.5 Å². The Morgan fingerprint density at radius 1 is 1.03 bits per heavy atom. The molecule has 8 heteroatoms. The molecule has 0 saturated heterocycles. The zero-order chi connectivity index (χ0) is 20.4. The Kier molecular flexibility index (Phi) is 4.99. The number of fused-ring (bicyclic) bond motifs is 1. The van der Waals surface area contributed by atoms with Crippen LogP contribution in [0.3, 0.4) is 0 Å². The summed E-state index contributed by atoms with van der Waals surface area (Å²) >= 11 is 0. The van der Waals surface area contributed by atoms with E-state index in [1.807, 2.05) is 38.1 Å². The zero-order valence-electron chi connectivity index (χ0n) is 16.2. The average Bonchev–Trinajstić information content (AvgIpc) is 2.74. The molecular formula is C21H19FN6O. The molecule has 0 spiro atoms. The predicted molar refractivity (Wildman–Crippen MR) is 108 cm³/mol. The number of halogens is 1. The lowest BCUT2D eigenvalue weighted by molar-refractivity contribution is 0.419. The SMILES string of the molecule is COc1cc(-c2ccc(F)cn2)cc2c(N[C@H](C)c3ccc(C)nn3)ncnc12. The first kappa shape index (κ1) is 18.7. The van der Waals surface area contributed by atoms with Gasteiger partial charge >= 0.3 is 0 Å². The van der Waals surface area contributed by atoms with Crippen LogP contribution in [0.5, 0.6) is 5.75 Å². The van der Waals surface area contributed by atoms with E-state index in [9.17, 15) is 4.39 Å². The van der Waals surface area contributed by atoms with Crippen LogP contribution in [0.4, 0.5) is 10.2 Å². The Morgan fingerprint density at radius 3 is 2.59 bits per heavy atom. The second-order valence-corrected chi connectivity index (χ2v) is 6.62. The molecule has 0 aliphatic rings. The van der Waals surface area contributed by atoms with Gasteiger partial charge in [0, 0.05) is 10.9 Å². The second kappa shape index (κ2) is 7.75. The van der Waals surface area contributed by atoms with Gasteiger partial charge in [0.25, 0.3) is 0 Å². The third-order valence-electron chi connectivity index (χ3n) is 4.56. The molecule has 1 N–H and O–H groups in total. The van der Waals surface area contributed by atoms with E-state index in [0.717, 1.165) is 22.3 Å². The first-order valence-electron chi connectivity index (χ1n) is 9.06. The Bertz CT molecular complexity index is 1150.